The second kappa shape index (κ2) is 6.08. The van der Waals surface area contributed by atoms with Crippen LogP contribution in [0, 0.1) is 11.6 Å². The summed E-state index contributed by atoms with van der Waals surface area (Å²) in [7, 11) is 0. The van der Waals surface area contributed by atoms with Crippen LogP contribution in [0.4, 0.5) is 8.78 Å². The monoisotopic (exact) mass is 231 g/mol. The number of hydrogen-bond donors (Lipinski definition) is 1. The van der Waals surface area contributed by atoms with Gasteiger partial charge in [0.05, 0.1) is 0 Å². The zero-order valence-electron chi connectivity index (χ0n) is 8.89. The van der Waals surface area contributed by atoms with E-state index in [1.165, 1.54) is 6.07 Å². The Kier molecular flexibility index (Phi) is 5.05. The highest BCUT2D eigenvalue weighted by molar-refractivity contribution is 7.98. The third kappa shape index (κ3) is 3.80. The number of rotatable bonds is 5. The van der Waals surface area contributed by atoms with E-state index in [-0.39, 0.29) is 6.04 Å². The first kappa shape index (κ1) is 12.5. The molecule has 4 heteroatoms. The molecule has 0 fully saturated rings. The second-order valence-corrected chi connectivity index (χ2v) is 4.33. The largest absolute Gasteiger partial charge is 0.309 e. The Morgan fingerprint density at radius 2 is 2.07 bits per heavy atom. The van der Waals surface area contributed by atoms with E-state index < -0.39 is 11.6 Å². The fourth-order valence-electron chi connectivity index (χ4n) is 1.28. The van der Waals surface area contributed by atoms with E-state index in [2.05, 4.69) is 5.32 Å². The maximum atomic E-state index is 12.9. The van der Waals surface area contributed by atoms with Crippen LogP contribution in [-0.2, 0) is 0 Å². The fraction of sp³-hybridized carbons (Fsp3) is 0.455. The molecule has 0 heterocycles. The third-order valence-electron chi connectivity index (χ3n) is 2.20. The Morgan fingerprint density at radius 1 is 1.33 bits per heavy atom. The molecule has 0 saturated carbocycles. The van der Waals surface area contributed by atoms with Gasteiger partial charge in [-0.25, -0.2) is 8.78 Å². The standard InChI is InChI=1S/C11H15F2NS/c1-8(14-5-6-15-2)9-3-4-10(12)11(13)7-9/h3-4,7-8,14H,5-6H2,1-2H3. The van der Waals surface area contributed by atoms with Gasteiger partial charge in [0.2, 0.25) is 0 Å². The molecule has 0 aliphatic carbocycles. The van der Waals surface area contributed by atoms with Crippen molar-refractivity contribution in [2.45, 2.75) is 13.0 Å². The van der Waals surface area contributed by atoms with Gasteiger partial charge in [0.25, 0.3) is 0 Å². The Hall–Kier alpha value is -0.610. The Morgan fingerprint density at radius 3 is 2.67 bits per heavy atom. The van der Waals surface area contributed by atoms with Gasteiger partial charge in [-0.3, -0.25) is 0 Å². The van der Waals surface area contributed by atoms with E-state index in [4.69, 9.17) is 0 Å². The van der Waals surface area contributed by atoms with E-state index in [0.29, 0.717) is 0 Å². The lowest BCUT2D eigenvalue weighted by atomic mass is 10.1. The summed E-state index contributed by atoms with van der Waals surface area (Å²) in [5.41, 5.74) is 0.773. The molecule has 0 saturated heterocycles. The SMILES string of the molecule is CSCCNC(C)c1ccc(F)c(F)c1. The lowest BCUT2D eigenvalue weighted by Gasteiger charge is -2.13. The number of benzene rings is 1. The van der Waals surface area contributed by atoms with Crippen molar-refractivity contribution in [1.29, 1.82) is 0 Å². The summed E-state index contributed by atoms with van der Waals surface area (Å²) in [5.74, 6) is -0.574. The van der Waals surface area contributed by atoms with Crippen molar-refractivity contribution in [2.75, 3.05) is 18.6 Å². The molecule has 1 aromatic rings. The van der Waals surface area contributed by atoms with Crippen LogP contribution in [0.2, 0.25) is 0 Å². The summed E-state index contributed by atoms with van der Waals surface area (Å²) in [4.78, 5) is 0. The van der Waals surface area contributed by atoms with Gasteiger partial charge in [-0.05, 0) is 30.9 Å². The van der Waals surface area contributed by atoms with E-state index >= 15 is 0 Å². The maximum Gasteiger partial charge on any atom is 0.159 e. The minimum Gasteiger partial charge on any atom is -0.309 e. The lowest BCUT2D eigenvalue weighted by Crippen LogP contribution is -2.21. The number of nitrogens with one attached hydrogen (secondary N) is 1. The van der Waals surface area contributed by atoms with Crippen molar-refractivity contribution in [3.05, 3.63) is 35.4 Å². The molecule has 1 unspecified atom stereocenters. The van der Waals surface area contributed by atoms with Crippen LogP contribution in [0.5, 0.6) is 0 Å². The summed E-state index contributed by atoms with van der Waals surface area (Å²) < 4.78 is 25.6. The van der Waals surface area contributed by atoms with Crippen molar-refractivity contribution in [3.63, 3.8) is 0 Å². The van der Waals surface area contributed by atoms with E-state index in [9.17, 15) is 8.78 Å². The average molecular weight is 231 g/mol. The minimum atomic E-state index is -0.796. The lowest BCUT2D eigenvalue weighted by molar-refractivity contribution is 0.502. The molecular weight excluding hydrogens is 216 g/mol. The van der Waals surface area contributed by atoms with Crippen molar-refractivity contribution in [1.82, 2.24) is 5.32 Å². The molecule has 0 aromatic heterocycles. The van der Waals surface area contributed by atoms with Gasteiger partial charge in [-0.1, -0.05) is 6.07 Å². The molecule has 0 radical (unpaired) electrons. The van der Waals surface area contributed by atoms with Gasteiger partial charge >= 0.3 is 0 Å². The highest BCUT2D eigenvalue weighted by Gasteiger charge is 2.07. The predicted octanol–water partition coefficient (Wildman–Crippen LogP) is 2.98. The van der Waals surface area contributed by atoms with E-state index in [1.54, 1.807) is 17.8 Å². The molecule has 84 valence electrons. The Balaban J connectivity index is 2.57. The molecule has 15 heavy (non-hydrogen) atoms. The predicted molar refractivity (Wildman–Crippen MR) is 61.2 cm³/mol. The normalized spacial score (nSPS) is 12.8. The van der Waals surface area contributed by atoms with Gasteiger partial charge in [-0.15, -0.1) is 0 Å². The van der Waals surface area contributed by atoms with Crippen molar-refractivity contribution in [2.24, 2.45) is 0 Å². The van der Waals surface area contributed by atoms with Crippen LogP contribution in [-0.4, -0.2) is 18.6 Å². The highest BCUT2D eigenvalue weighted by Crippen LogP contribution is 2.15. The first-order valence-electron chi connectivity index (χ1n) is 4.82. The molecule has 0 amide bonds. The fourth-order valence-corrected chi connectivity index (χ4v) is 1.60. The maximum absolute atomic E-state index is 12.9. The van der Waals surface area contributed by atoms with E-state index in [1.807, 2.05) is 13.2 Å². The molecule has 0 bridgehead atoms. The molecule has 0 spiro atoms. The number of thioether (sulfide) groups is 1. The first-order valence-corrected chi connectivity index (χ1v) is 6.22. The van der Waals surface area contributed by atoms with Gasteiger partial charge in [0.1, 0.15) is 0 Å². The van der Waals surface area contributed by atoms with Gasteiger partial charge in [0, 0.05) is 18.3 Å². The van der Waals surface area contributed by atoms with Crippen molar-refractivity contribution >= 4 is 11.8 Å². The first-order chi connectivity index (χ1) is 7.15. The molecule has 1 aromatic carbocycles. The number of hydrogen-bond acceptors (Lipinski definition) is 2. The Labute approximate surface area is 93.3 Å². The van der Waals surface area contributed by atoms with Gasteiger partial charge < -0.3 is 5.32 Å². The summed E-state index contributed by atoms with van der Waals surface area (Å²) in [6, 6.07) is 4.06. The van der Waals surface area contributed by atoms with Gasteiger partial charge in [-0.2, -0.15) is 11.8 Å². The summed E-state index contributed by atoms with van der Waals surface area (Å²) >= 11 is 1.75. The zero-order chi connectivity index (χ0) is 11.3. The molecular formula is C11H15F2NS. The number of halogens is 2. The highest BCUT2D eigenvalue weighted by atomic mass is 32.2. The molecule has 1 atom stereocenters. The van der Waals surface area contributed by atoms with Crippen LogP contribution < -0.4 is 5.32 Å². The summed E-state index contributed by atoms with van der Waals surface area (Å²) in [6.45, 7) is 2.80. The van der Waals surface area contributed by atoms with Crippen LogP contribution in [0.25, 0.3) is 0 Å². The molecule has 1 N–H and O–H groups in total. The smallest absolute Gasteiger partial charge is 0.159 e. The summed E-state index contributed by atoms with van der Waals surface area (Å²) in [5, 5.41) is 3.24. The molecule has 1 rings (SSSR count). The zero-order valence-corrected chi connectivity index (χ0v) is 9.70. The molecule has 1 nitrogen and oxygen atoms in total. The second-order valence-electron chi connectivity index (χ2n) is 3.34. The summed E-state index contributed by atoms with van der Waals surface area (Å²) in [6.07, 6.45) is 2.03. The van der Waals surface area contributed by atoms with Crippen LogP contribution >= 0.6 is 11.8 Å². The quantitative estimate of drug-likeness (QED) is 0.782. The third-order valence-corrected chi connectivity index (χ3v) is 2.81. The van der Waals surface area contributed by atoms with Crippen LogP contribution in [0.3, 0.4) is 0 Å². The van der Waals surface area contributed by atoms with Crippen LogP contribution in [0.1, 0.15) is 18.5 Å². The van der Waals surface area contributed by atoms with Crippen LogP contribution in [0.15, 0.2) is 18.2 Å². The molecule has 0 aliphatic heterocycles. The van der Waals surface area contributed by atoms with Gasteiger partial charge in [0.15, 0.2) is 11.6 Å². The molecule has 0 aliphatic rings. The topological polar surface area (TPSA) is 12.0 Å². The Bertz CT molecular complexity index is 317. The van der Waals surface area contributed by atoms with Crippen molar-refractivity contribution < 1.29 is 8.78 Å². The van der Waals surface area contributed by atoms with Crippen molar-refractivity contribution in [3.8, 4) is 0 Å². The average Bonchev–Trinajstić information content (AvgIpc) is 2.22. The van der Waals surface area contributed by atoms with E-state index in [0.717, 1.165) is 23.9 Å². The minimum absolute atomic E-state index is 0.0484.